The molecule has 0 aromatic heterocycles. The van der Waals surface area contributed by atoms with Crippen molar-refractivity contribution in [3.05, 3.63) is 35.4 Å². The highest BCUT2D eigenvalue weighted by molar-refractivity contribution is 5.84. The summed E-state index contributed by atoms with van der Waals surface area (Å²) >= 11 is 0. The summed E-state index contributed by atoms with van der Waals surface area (Å²) in [5.41, 5.74) is 4.75. The molecule has 0 unspecified atom stereocenters. The monoisotopic (exact) mass is 202 g/mol. The Kier molecular flexibility index (Phi) is 2.81. The van der Waals surface area contributed by atoms with Crippen molar-refractivity contribution in [1.29, 1.82) is 0 Å². The number of amides is 1. The van der Waals surface area contributed by atoms with Gasteiger partial charge in [0.05, 0.1) is 6.21 Å². The van der Waals surface area contributed by atoms with E-state index in [4.69, 9.17) is 0 Å². The quantitative estimate of drug-likeness (QED) is 0.590. The highest BCUT2D eigenvalue weighted by Gasteiger charge is 2.29. The van der Waals surface area contributed by atoms with Crippen LogP contribution in [0.5, 0.6) is 0 Å². The van der Waals surface area contributed by atoms with Gasteiger partial charge in [-0.2, -0.15) is 5.10 Å². The van der Waals surface area contributed by atoms with Crippen LogP contribution in [-0.4, -0.2) is 12.1 Å². The van der Waals surface area contributed by atoms with Gasteiger partial charge in [-0.25, -0.2) is 5.43 Å². The van der Waals surface area contributed by atoms with E-state index in [1.54, 1.807) is 6.21 Å². The third kappa shape index (κ3) is 2.91. The van der Waals surface area contributed by atoms with Gasteiger partial charge in [-0.05, 0) is 25.3 Å². The van der Waals surface area contributed by atoms with Crippen molar-refractivity contribution in [1.82, 2.24) is 5.43 Å². The van der Waals surface area contributed by atoms with Crippen LogP contribution in [0, 0.1) is 12.8 Å². The zero-order valence-corrected chi connectivity index (χ0v) is 8.73. The first-order valence-corrected chi connectivity index (χ1v) is 5.15. The van der Waals surface area contributed by atoms with Crippen LogP contribution >= 0.6 is 0 Å². The van der Waals surface area contributed by atoms with Crippen LogP contribution in [-0.2, 0) is 4.79 Å². The van der Waals surface area contributed by atoms with Gasteiger partial charge in [0.15, 0.2) is 0 Å². The molecule has 0 radical (unpaired) electrons. The summed E-state index contributed by atoms with van der Waals surface area (Å²) in [4.78, 5) is 11.2. The van der Waals surface area contributed by atoms with E-state index in [-0.39, 0.29) is 11.8 Å². The zero-order valence-electron chi connectivity index (χ0n) is 8.73. The number of nitrogens with zero attached hydrogens (tertiary/aromatic N) is 1. The molecular formula is C12H14N2O. The van der Waals surface area contributed by atoms with E-state index in [0.717, 1.165) is 18.4 Å². The van der Waals surface area contributed by atoms with E-state index in [1.807, 2.05) is 31.2 Å². The molecule has 1 fully saturated rings. The second kappa shape index (κ2) is 4.26. The van der Waals surface area contributed by atoms with Crippen LogP contribution in [0.15, 0.2) is 29.4 Å². The molecule has 1 amide bonds. The van der Waals surface area contributed by atoms with Crippen molar-refractivity contribution in [2.45, 2.75) is 19.8 Å². The Bertz CT molecular complexity index is 377. The van der Waals surface area contributed by atoms with Crippen molar-refractivity contribution in [2.75, 3.05) is 0 Å². The first kappa shape index (κ1) is 9.90. The molecule has 0 heterocycles. The number of carbonyl (C=O) groups is 1. The van der Waals surface area contributed by atoms with Gasteiger partial charge in [0.25, 0.3) is 0 Å². The molecule has 0 bridgehead atoms. The van der Waals surface area contributed by atoms with Crippen molar-refractivity contribution in [3.8, 4) is 0 Å². The molecule has 0 atom stereocenters. The molecule has 0 spiro atoms. The Balaban J connectivity index is 1.87. The normalized spacial score (nSPS) is 15.5. The van der Waals surface area contributed by atoms with Crippen molar-refractivity contribution < 1.29 is 4.79 Å². The molecule has 15 heavy (non-hydrogen) atoms. The molecule has 3 nitrogen and oxygen atoms in total. The maximum Gasteiger partial charge on any atom is 0.243 e. The standard InChI is InChI=1S/C12H14N2O/c1-9-2-4-10(5-3-9)8-13-14-12(15)11-6-7-11/h2-5,8,11H,6-7H2,1H3,(H,14,15)/b13-8+. The molecule has 3 heteroatoms. The Hall–Kier alpha value is -1.64. The summed E-state index contributed by atoms with van der Waals surface area (Å²) < 4.78 is 0. The second-order valence-corrected chi connectivity index (χ2v) is 3.92. The third-order valence-electron chi connectivity index (χ3n) is 2.41. The van der Waals surface area contributed by atoms with Gasteiger partial charge >= 0.3 is 0 Å². The van der Waals surface area contributed by atoms with Crippen LogP contribution < -0.4 is 5.43 Å². The van der Waals surface area contributed by atoms with E-state index >= 15 is 0 Å². The van der Waals surface area contributed by atoms with Gasteiger partial charge in [-0.15, -0.1) is 0 Å². The lowest BCUT2D eigenvalue weighted by atomic mass is 10.2. The van der Waals surface area contributed by atoms with Gasteiger partial charge in [-0.3, -0.25) is 4.79 Å². The Morgan fingerprint density at radius 1 is 1.40 bits per heavy atom. The fourth-order valence-electron chi connectivity index (χ4n) is 1.26. The molecule has 2 rings (SSSR count). The molecule has 1 N–H and O–H groups in total. The second-order valence-electron chi connectivity index (χ2n) is 3.92. The average Bonchev–Trinajstić information content (AvgIpc) is 3.04. The fourth-order valence-corrected chi connectivity index (χ4v) is 1.26. The van der Waals surface area contributed by atoms with E-state index in [2.05, 4.69) is 10.5 Å². The molecule has 1 aromatic rings. The molecule has 1 aromatic carbocycles. The lowest BCUT2D eigenvalue weighted by Gasteiger charge is -1.96. The first-order valence-electron chi connectivity index (χ1n) is 5.15. The zero-order chi connectivity index (χ0) is 10.7. The maximum atomic E-state index is 11.2. The summed E-state index contributed by atoms with van der Waals surface area (Å²) in [7, 11) is 0. The predicted octanol–water partition coefficient (Wildman–Crippen LogP) is 1.86. The van der Waals surface area contributed by atoms with E-state index in [1.165, 1.54) is 5.56 Å². The van der Waals surface area contributed by atoms with Crippen molar-refractivity contribution in [2.24, 2.45) is 11.0 Å². The highest BCUT2D eigenvalue weighted by atomic mass is 16.2. The lowest BCUT2D eigenvalue weighted by molar-refractivity contribution is -0.122. The van der Waals surface area contributed by atoms with Gasteiger partial charge < -0.3 is 0 Å². The minimum Gasteiger partial charge on any atom is -0.273 e. The largest absolute Gasteiger partial charge is 0.273 e. The summed E-state index contributed by atoms with van der Waals surface area (Å²) in [6, 6.07) is 7.98. The van der Waals surface area contributed by atoms with Gasteiger partial charge in [0.2, 0.25) is 5.91 Å². The summed E-state index contributed by atoms with van der Waals surface area (Å²) in [6.45, 7) is 2.04. The summed E-state index contributed by atoms with van der Waals surface area (Å²) in [5, 5.41) is 3.91. The molecular weight excluding hydrogens is 188 g/mol. The number of carbonyl (C=O) groups excluding carboxylic acids is 1. The van der Waals surface area contributed by atoms with Gasteiger partial charge in [-0.1, -0.05) is 29.8 Å². The van der Waals surface area contributed by atoms with Crippen molar-refractivity contribution >= 4 is 12.1 Å². The maximum absolute atomic E-state index is 11.2. The number of aryl methyl sites for hydroxylation is 1. The van der Waals surface area contributed by atoms with Crippen LogP contribution in [0.25, 0.3) is 0 Å². The SMILES string of the molecule is Cc1ccc(/C=N/NC(=O)C2CC2)cc1. The molecule has 0 saturated heterocycles. The Morgan fingerprint density at radius 3 is 2.67 bits per heavy atom. The smallest absolute Gasteiger partial charge is 0.243 e. The van der Waals surface area contributed by atoms with Crippen LogP contribution in [0.1, 0.15) is 24.0 Å². The van der Waals surface area contributed by atoms with E-state index in [0.29, 0.717) is 0 Å². The Morgan fingerprint density at radius 2 is 2.07 bits per heavy atom. The van der Waals surface area contributed by atoms with Gasteiger partial charge in [0.1, 0.15) is 0 Å². The van der Waals surface area contributed by atoms with Crippen molar-refractivity contribution in [3.63, 3.8) is 0 Å². The minimum atomic E-state index is 0.0401. The number of hydrogen-bond acceptors (Lipinski definition) is 2. The Labute approximate surface area is 89.2 Å². The molecule has 1 aliphatic carbocycles. The fraction of sp³-hybridized carbons (Fsp3) is 0.333. The third-order valence-corrected chi connectivity index (χ3v) is 2.41. The lowest BCUT2D eigenvalue weighted by Crippen LogP contribution is -2.18. The summed E-state index contributed by atoms with van der Waals surface area (Å²) in [6.07, 6.45) is 3.68. The number of benzene rings is 1. The molecule has 78 valence electrons. The first-order chi connectivity index (χ1) is 7.25. The number of hydrogen-bond donors (Lipinski definition) is 1. The van der Waals surface area contributed by atoms with E-state index in [9.17, 15) is 4.79 Å². The average molecular weight is 202 g/mol. The number of rotatable bonds is 3. The number of nitrogens with one attached hydrogen (secondary N) is 1. The molecule has 1 aliphatic rings. The molecule has 1 saturated carbocycles. The molecule has 0 aliphatic heterocycles. The highest BCUT2D eigenvalue weighted by Crippen LogP contribution is 2.28. The van der Waals surface area contributed by atoms with Crippen LogP contribution in [0.4, 0.5) is 0 Å². The minimum absolute atomic E-state index is 0.0401. The van der Waals surface area contributed by atoms with Gasteiger partial charge in [0, 0.05) is 5.92 Å². The predicted molar refractivity (Wildman–Crippen MR) is 59.6 cm³/mol. The van der Waals surface area contributed by atoms with Crippen LogP contribution in [0.2, 0.25) is 0 Å². The summed E-state index contributed by atoms with van der Waals surface area (Å²) in [5.74, 6) is 0.249. The number of hydrazone groups is 1. The van der Waals surface area contributed by atoms with Crippen LogP contribution in [0.3, 0.4) is 0 Å². The topological polar surface area (TPSA) is 41.5 Å². The van der Waals surface area contributed by atoms with E-state index < -0.39 is 0 Å².